The van der Waals surface area contributed by atoms with Crippen LogP contribution in [0.1, 0.15) is 6.42 Å². The fourth-order valence-electron chi connectivity index (χ4n) is 2.52. The summed E-state index contributed by atoms with van der Waals surface area (Å²) in [7, 11) is 0. The smallest absolute Gasteiger partial charge is 0.238 e. The van der Waals surface area contributed by atoms with Crippen LogP contribution in [0, 0.1) is 0 Å². The van der Waals surface area contributed by atoms with Crippen molar-refractivity contribution in [3.8, 4) is 0 Å². The molecule has 1 fully saturated rings. The predicted octanol–water partition coefficient (Wildman–Crippen LogP) is 0.207. The van der Waals surface area contributed by atoms with Gasteiger partial charge >= 0.3 is 0 Å². The summed E-state index contributed by atoms with van der Waals surface area (Å²) in [5.74, 6) is -0.00428. The zero-order chi connectivity index (χ0) is 15.1. The maximum absolute atomic E-state index is 12.0. The molecule has 0 bridgehead atoms. The number of nitrogen functional groups attached to an aromatic ring is 1. The Morgan fingerprint density at radius 2 is 1.81 bits per heavy atom. The van der Waals surface area contributed by atoms with Crippen LogP contribution in [0.5, 0.6) is 0 Å². The minimum absolute atomic E-state index is 0.00428. The van der Waals surface area contributed by atoms with Gasteiger partial charge in [-0.2, -0.15) is 0 Å². The maximum atomic E-state index is 12.0. The lowest BCUT2D eigenvalue weighted by Gasteiger charge is -2.20. The third-order valence-corrected chi connectivity index (χ3v) is 3.66. The molecule has 21 heavy (non-hydrogen) atoms. The van der Waals surface area contributed by atoms with E-state index in [1.807, 2.05) is 0 Å². The summed E-state index contributed by atoms with van der Waals surface area (Å²) in [5, 5.41) is 11.9. The van der Waals surface area contributed by atoms with Crippen molar-refractivity contribution >= 4 is 17.3 Å². The minimum atomic E-state index is -0.00428. The number of carbonyl (C=O) groups is 1. The van der Waals surface area contributed by atoms with Gasteiger partial charge in [-0.25, -0.2) is 0 Å². The molecule has 1 saturated heterocycles. The number of rotatable bonds is 5. The third-order valence-electron chi connectivity index (χ3n) is 3.66. The summed E-state index contributed by atoms with van der Waals surface area (Å²) in [5.41, 5.74) is 7.07. The quantitative estimate of drug-likeness (QED) is 0.676. The molecule has 0 atom stereocenters. The topological polar surface area (TPSA) is 81.8 Å². The van der Waals surface area contributed by atoms with Gasteiger partial charge in [0.05, 0.1) is 13.2 Å². The lowest BCUT2D eigenvalue weighted by molar-refractivity contribution is -0.117. The Labute approximate surface area is 125 Å². The average molecular weight is 292 g/mol. The van der Waals surface area contributed by atoms with Crippen LogP contribution in [-0.2, 0) is 4.79 Å². The number of benzene rings is 1. The number of hydrogen-bond donors (Lipinski definition) is 3. The molecule has 1 aromatic carbocycles. The van der Waals surface area contributed by atoms with E-state index >= 15 is 0 Å². The number of hydrogen-bond acceptors (Lipinski definition) is 5. The standard InChI is InChI=1S/C15H24N4O2/c16-13-2-4-14(5-3-13)17-15(21)12-19-7-1-6-18(8-9-19)10-11-20/h2-5,20H,1,6-12,16H2,(H,17,21). The summed E-state index contributed by atoms with van der Waals surface area (Å²) >= 11 is 0. The molecule has 4 N–H and O–H groups in total. The van der Waals surface area contributed by atoms with Crippen LogP contribution in [0.15, 0.2) is 24.3 Å². The monoisotopic (exact) mass is 292 g/mol. The van der Waals surface area contributed by atoms with Crippen LogP contribution in [0.3, 0.4) is 0 Å². The first-order valence-electron chi connectivity index (χ1n) is 7.38. The van der Waals surface area contributed by atoms with Crippen molar-refractivity contribution < 1.29 is 9.90 Å². The molecule has 1 heterocycles. The first-order valence-corrected chi connectivity index (χ1v) is 7.38. The van der Waals surface area contributed by atoms with Crippen molar-refractivity contribution in [3.63, 3.8) is 0 Å². The molecule has 116 valence electrons. The molecule has 0 spiro atoms. The van der Waals surface area contributed by atoms with Crippen molar-refractivity contribution in [2.45, 2.75) is 6.42 Å². The number of β-amino-alcohol motifs (C(OH)–C–C–N with tert-alkyl or cyclic N) is 1. The highest BCUT2D eigenvalue weighted by Crippen LogP contribution is 2.10. The van der Waals surface area contributed by atoms with Crippen molar-refractivity contribution in [1.82, 2.24) is 9.80 Å². The molecule has 6 nitrogen and oxygen atoms in total. The summed E-state index contributed by atoms with van der Waals surface area (Å²) in [6.07, 6.45) is 1.02. The number of aliphatic hydroxyl groups excluding tert-OH is 1. The Balaban J connectivity index is 1.78. The number of nitrogens with zero attached hydrogens (tertiary/aromatic N) is 2. The van der Waals surface area contributed by atoms with E-state index in [0.29, 0.717) is 18.8 Å². The van der Waals surface area contributed by atoms with E-state index in [2.05, 4.69) is 15.1 Å². The molecule has 1 aliphatic rings. The maximum Gasteiger partial charge on any atom is 0.238 e. The number of anilines is 2. The van der Waals surface area contributed by atoms with Gasteiger partial charge in [-0.15, -0.1) is 0 Å². The summed E-state index contributed by atoms with van der Waals surface area (Å²) in [4.78, 5) is 16.4. The van der Waals surface area contributed by atoms with E-state index in [0.717, 1.165) is 38.3 Å². The molecular formula is C15H24N4O2. The molecule has 1 amide bonds. The van der Waals surface area contributed by atoms with E-state index in [-0.39, 0.29) is 12.5 Å². The van der Waals surface area contributed by atoms with E-state index in [4.69, 9.17) is 10.8 Å². The molecule has 6 heteroatoms. The van der Waals surface area contributed by atoms with E-state index < -0.39 is 0 Å². The molecule has 0 unspecified atom stereocenters. The van der Waals surface area contributed by atoms with Gasteiger partial charge in [0.15, 0.2) is 0 Å². The van der Waals surface area contributed by atoms with Crippen LogP contribution in [0.4, 0.5) is 11.4 Å². The zero-order valence-corrected chi connectivity index (χ0v) is 12.3. The number of nitrogens with two attached hydrogens (primary N) is 1. The summed E-state index contributed by atoms with van der Waals surface area (Å²) in [6.45, 7) is 4.96. The van der Waals surface area contributed by atoms with Crippen LogP contribution >= 0.6 is 0 Å². The number of carbonyl (C=O) groups excluding carboxylic acids is 1. The minimum Gasteiger partial charge on any atom is -0.399 e. The van der Waals surface area contributed by atoms with E-state index in [1.165, 1.54) is 0 Å². The van der Waals surface area contributed by atoms with Crippen LogP contribution in [0.25, 0.3) is 0 Å². The van der Waals surface area contributed by atoms with Crippen molar-refractivity contribution in [1.29, 1.82) is 0 Å². The van der Waals surface area contributed by atoms with E-state index in [9.17, 15) is 4.79 Å². The highest BCUT2D eigenvalue weighted by Gasteiger charge is 2.16. The SMILES string of the molecule is Nc1ccc(NC(=O)CN2CCCN(CCO)CC2)cc1. The molecular weight excluding hydrogens is 268 g/mol. The summed E-state index contributed by atoms with van der Waals surface area (Å²) in [6, 6.07) is 7.15. The second kappa shape index (κ2) is 7.97. The second-order valence-corrected chi connectivity index (χ2v) is 5.37. The Kier molecular flexibility index (Phi) is 5.98. The molecule has 0 aromatic heterocycles. The van der Waals surface area contributed by atoms with E-state index in [1.54, 1.807) is 24.3 Å². The fraction of sp³-hybridized carbons (Fsp3) is 0.533. The largest absolute Gasteiger partial charge is 0.399 e. The summed E-state index contributed by atoms with van der Waals surface area (Å²) < 4.78 is 0. The van der Waals surface area contributed by atoms with Crippen LogP contribution in [-0.4, -0.2) is 66.7 Å². The lowest BCUT2D eigenvalue weighted by Crippen LogP contribution is -2.36. The Morgan fingerprint density at radius 3 is 2.52 bits per heavy atom. The molecule has 2 rings (SSSR count). The van der Waals surface area contributed by atoms with Crippen LogP contribution in [0.2, 0.25) is 0 Å². The molecule has 0 radical (unpaired) electrons. The zero-order valence-electron chi connectivity index (χ0n) is 12.3. The Hall–Kier alpha value is -1.63. The third kappa shape index (κ3) is 5.34. The molecule has 0 saturated carbocycles. The lowest BCUT2D eigenvalue weighted by atomic mass is 10.3. The molecule has 1 aromatic rings. The average Bonchev–Trinajstić information content (AvgIpc) is 2.67. The first-order chi connectivity index (χ1) is 10.2. The highest BCUT2D eigenvalue weighted by molar-refractivity contribution is 5.92. The van der Waals surface area contributed by atoms with Crippen molar-refractivity contribution in [3.05, 3.63) is 24.3 Å². The molecule has 1 aliphatic heterocycles. The second-order valence-electron chi connectivity index (χ2n) is 5.37. The fourth-order valence-corrected chi connectivity index (χ4v) is 2.52. The predicted molar refractivity (Wildman–Crippen MR) is 84.1 cm³/mol. The Bertz CT molecular complexity index is 449. The first kappa shape index (κ1) is 15.8. The Morgan fingerprint density at radius 1 is 1.14 bits per heavy atom. The highest BCUT2D eigenvalue weighted by atomic mass is 16.3. The van der Waals surface area contributed by atoms with Gasteiger partial charge in [0.2, 0.25) is 5.91 Å². The van der Waals surface area contributed by atoms with Crippen molar-refractivity contribution in [2.24, 2.45) is 0 Å². The number of aliphatic hydroxyl groups is 1. The normalized spacial score (nSPS) is 17.4. The van der Waals surface area contributed by atoms with Crippen LogP contribution < -0.4 is 11.1 Å². The van der Waals surface area contributed by atoms with Gasteiger partial charge in [0.25, 0.3) is 0 Å². The van der Waals surface area contributed by atoms with Gasteiger partial charge < -0.3 is 16.2 Å². The van der Waals surface area contributed by atoms with Gasteiger partial charge in [0, 0.05) is 31.0 Å². The van der Waals surface area contributed by atoms with Gasteiger partial charge in [-0.1, -0.05) is 0 Å². The molecule has 0 aliphatic carbocycles. The van der Waals surface area contributed by atoms with Gasteiger partial charge in [0.1, 0.15) is 0 Å². The number of nitrogens with one attached hydrogen (secondary N) is 1. The number of amides is 1. The van der Waals surface area contributed by atoms with Crippen molar-refractivity contribution in [2.75, 3.05) is 56.9 Å². The van der Waals surface area contributed by atoms with Gasteiger partial charge in [-0.3, -0.25) is 14.6 Å². The van der Waals surface area contributed by atoms with Gasteiger partial charge in [-0.05, 0) is 43.8 Å².